The first-order chi connectivity index (χ1) is 8.77. The summed E-state index contributed by atoms with van der Waals surface area (Å²) in [6, 6.07) is 20.8. The van der Waals surface area contributed by atoms with Gasteiger partial charge in [-0.1, -0.05) is 60.7 Å². The maximum atomic E-state index is 4.49. The third-order valence-corrected chi connectivity index (χ3v) is 2.64. The molecule has 0 atom stereocenters. The van der Waals surface area contributed by atoms with E-state index < -0.39 is 0 Å². The number of azo groups is 1. The molecule has 18 heavy (non-hydrogen) atoms. The van der Waals surface area contributed by atoms with Crippen LogP contribution in [-0.2, 0) is 0 Å². The average molecular weight is 238 g/mol. The van der Waals surface area contributed by atoms with Gasteiger partial charge in [-0.15, -0.1) is 0 Å². The van der Waals surface area contributed by atoms with Crippen molar-refractivity contribution in [3.05, 3.63) is 71.8 Å². The molecule has 0 bridgehead atoms. The molecule has 0 aliphatic rings. The van der Waals surface area contributed by atoms with Gasteiger partial charge in [0, 0.05) is 0 Å². The molecule has 0 unspecified atom stereocenters. The standard InChI is InChI=1S/C16H18N2/c1-13(2)17-18-16(14-9-5-3-6-10-14)15-11-7-4-8-12-15/h3-13,16H,1-2H3. The van der Waals surface area contributed by atoms with Crippen LogP contribution in [0.5, 0.6) is 0 Å². The van der Waals surface area contributed by atoms with Crippen LogP contribution < -0.4 is 0 Å². The van der Waals surface area contributed by atoms with E-state index in [-0.39, 0.29) is 12.1 Å². The molecule has 92 valence electrons. The monoisotopic (exact) mass is 238 g/mol. The Bertz CT molecular complexity index is 450. The van der Waals surface area contributed by atoms with Crippen molar-refractivity contribution >= 4 is 0 Å². The molecule has 0 saturated carbocycles. The quantitative estimate of drug-likeness (QED) is 0.693. The molecule has 2 aromatic rings. The Hall–Kier alpha value is -1.96. The van der Waals surface area contributed by atoms with Gasteiger partial charge >= 0.3 is 0 Å². The van der Waals surface area contributed by atoms with Crippen molar-refractivity contribution in [2.24, 2.45) is 10.2 Å². The van der Waals surface area contributed by atoms with Crippen molar-refractivity contribution in [1.82, 2.24) is 0 Å². The van der Waals surface area contributed by atoms with E-state index in [2.05, 4.69) is 34.5 Å². The first kappa shape index (κ1) is 12.5. The van der Waals surface area contributed by atoms with Gasteiger partial charge in [0.05, 0.1) is 6.04 Å². The smallest absolute Gasteiger partial charge is 0.121 e. The summed E-state index contributed by atoms with van der Waals surface area (Å²) in [5, 5.41) is 8.79. The van der Waals surface area contributed by atoms with Gasteiger partial charge in [-0.3, -0.25) is 0 Å². The summed E-state index contributed by atoms with van der Waals surface area (Å²) in [5.74, 6) is 0. The first-order valence-electron chi connectivity index (χ1n) is 6.27. The van der Waals surface area contributed by atoms with Crippen molar-refractivity contribution in [3.8, 4) is 0 Å². The normalized spacial score (nSPS) is 11.6. The van der Waals surface area contributed by atoms with E-state index in [4.69, 9.17) is 0 Å². The number of benzene rings is 2. The number of hydrogen-bond acceptors (Lipinski definition) is 2. The second-order valence-electron chi connectivity index (χ2n) is 4.55. The second-order valence-corrected chi connectivity index (χ2v) is 4.55. The Labute approximate surface area is 108 Å². The van der Waals surface area contributed by atoms with Crippen molar-refractivity contribution in [3.63, 3.8) is 0 Å². The highest BCUT2D eigenvalue weighted by Gasteiger charge is 2.12. The zero-order chi connectivity index (χ0) is 12.8. The lowest BCUT2D eigenvalue weighted by molar-refractivity contribution is 0.691. The number of hydrogen-bond donors (Lipinski definition) is 0. The SMILES string of the molecule is CC(C)N=NC(c1ccccc1)c1ccccc1. The van der Waals surface area contributed by atoms with Gasteiger partial charge in [0.2, 0.25) is 0 Å². The van der Waals surface area contributed by atoms with Crippen LogP contribution in [0.3, 0.4) is 0 Å². The lowest BCUT2D eigenvalue weighted by atomic mass is 10.00. The van der Waals surface area contributed by atoms with Gasteiger partial charge < -0.3 is 0 Å². The summed E-state index contributed by atoms with van der Waals surface area (Å²) >= 11 is 0. The van der Waals surface area contributed by atoms with Crippen LogP contribution in [0, 0.1) is 0 Å². The predicted octanol–water partition coefficient (Wildman–Crippen LogP) is 4.64. The maximum Gasteiger partial charge on any atom is 0.121 e. The topological polar surface area (TPSA) is 24.7 Å². The lowest BCUT2D eigenvalue weighted by Crippen LogP contribution is -1.98. The third kappa shape index (κ3) is 3.27. The van der Waals surface area contributed by atoms with Crippen LogP contribution in [0.1, 0.15) is 31.0 Å². The second kappa shape index (κ2) is 6.10. The minimum atomic E-state index is -0.00481. The van der Waals surface area contributed by atoms with Gasteiger partial charge in [-0.2, -0.15) is 10.2 Å². The summed E-state index contributed by atoms with van der Waals surface area (Å²) < 4.78 is 0. The lowest BCUT2D eigenvalue weighted by Gasteiger charge is -2.12. The van der Waals surface area contributed by atoms with Crippen molar-refractivity contribution < 1.29 is 0 Å². The number of rotatable bonds is 4. The fourth-order valence-electron chi connectivity index (χ4n) is 1.80. The van der Waals surface area contributed by atoms with Crippen molar-refractivity contribution in [2.75, 3.05) is 0 Å². The Morgan fingerprint density at radius 2 is 1.11 bits per heavy atom. The van der Waals surface area contributed by atoms with Gasteiger partial charge in [-0.25, -0.2) is 0 Å². The molecule has 2 aromatic carbocycles. The molecule has 0 aliphatic heterocycles. The molecule has 0 fully saturated rings. The minimum absolute atomic E-state index is 0.00481. The first-order valence-corrected chi connectivity index (χ1v) is 6.27. The van der Waals surface area contributed by atoms with E-state index in [0.29, 0.717) is 0 Å². The fourth-order valence-corrected chi connectivity index (χ4v) is 1.80. The molecule has 0 radical (unpaired) electrons. The van der Waals surface area contributed by atoms with E-state index in [1.54, 1.807) is 0 Å². The fraction of sp³-hybridized carbons (Fsp3) is 0.250. The number of nitrogens with zero attached hydrogens (tertiary/aromatic N) is 2. The molecule has 2 rings (SSSR count). The molecule has 0 heterocycles. The molecule has 0 amide bonds. The zero-order valence-corrected chi connectivity index (χ0v) is 10.8. The van der Waals surface area contributed by atoms with E-state index in [1.165, 1.54) is 11.1 Å². The van der Waals surface area contributed by atoms with Gasteiger partial charge in [0.1, 0.15) is 6.04 Å². The summed E-state index contributed by atoms with van der Waals surface area (Å²) in [6.07, 6.45) is 0. The van der Waals surface area contributed by atoms with Crippen LogP contribution in [0.25, 0.3) is 0 Å². The zero-order valence-electron chi connectivity index (χ0n) is 10.8. The van der Waals surface area contributed by atoms with Crippen LogP contribution in [0.2, 0.25) is 0 Å². The highest BCUT2D eigenvalue weighted by molar-refractivity contribution is 5.31. The predicted molar refractivity (Wildman–Crippen MR) is 74.7 cm³/mol. The van der Waals surface area contributed by atoms with Crippen molar-refractivity contribution in [2.45, 2.75) is 25.9 Å². The van der Waals surface area contributed by atoms with E-state index in [9.17, 15) is 0 Å². The average Bonchev–Trinajstić information content (AvgIpc) is 2.41. The van der Waals surface area contributed by atoms with Crippen LogP contribution in [0.4, 0.5) is 0 Å². The molecular formula is C16H18N2. The van der Waals surface area contributed by atoms with E-state index >= 15 is 0 Å². The van der Waals surface area contributed by atoms with E-state index in [0.717, 1.165) is 0 Å². The molecule has 2 heteroatoms. The molecule has 0 N–H and O–H groups in total. The summed E-state index contributed by atoms with van der Waals surface area (Å²) in [5.41, 5.74) is 2.35. The molecule has 0 aliphatic carbocycles. The Balaban J connectivity index is 2.35. The highest BCUT2D eigenvalue weighted by Crippen LogP contribution is 2.26. The summed E-state index contributed by atoms with van der Waals surface area (Å²) in [7, 11) is 0. The molecular weight excluding hydrogens is 220 g/mol. The van der Waals surface area contributed by atoms with Gasteiger partial charge in [-0.05, 0) is 25.0 Å². The van der Waals surface area contributed by atoms with Gasteiger partial charge in [0.15, 0.2) is 0 Å². The van der Waals surface area contributed by atoms with Crippen LogP contribution >= 0.6 is 0 Å². The molecule has 0 saturated heterocycles. The largest absolute Gasteiger partial charge is 0.190 e. The minimum Gasteiger partial charge on any atom is -0.190 e. The Morgan fingerprint density at radius 3 is 1.50 bits per heavy atom. The van der Waals surface area contributed by atoms with Crippen LogP contribution in [-0.4, -0.2) is 6.04 Å². The molecule has 0 spiro atoms. The Morgan fingerprint density at radius 1 is 0.667 bits per heavy atom. The van der Waals surface area contributed by atoms with E-state index in [1.807, 2.05) is 50.2 Å². The molecule has 2 nitrogen and oxygen atoms in total. The summed E-state index contributed by atoms with van der Waals surface area (Å²) in [4.78, 5) is 0. The van der Waals surface area contributed by atoms with Crippen LogP contribution in [0.15, 0.2) is 70.9 Å². The summed E-state index contributed by atoms with van der Waals surface area (Å²) in [6.45, 7) is 4.08. The molecule has 0 aromatic heterocycles. The highest BCUT2D eigenvalue weighted by atomic mass is 15.1. The Kier molecular flexibility index (Phi) is 4.24. The van der Waals surface area contributed by atoms with Crippen molar-refractivity contribution in [1.29, 1.82) is 0 Å². The maximum absolute atomic E-state index is 4.49. The third-order valence-electron chi connectivity index (χ3n) is 2.64. The van der Waals surface area contributed by atoms with Gasteiger partial charge in [0.25, 0.3) is 0 Å².